The maximum Gasteiger partial charge on any atom is 0.254 e. The van der Waals surface area contributed by atoms with E-state index in [-0.39, 0.29) is 23.5 Å². The van der Waals surface area contributed by atoms with Gasteiger partial charge in [-0.25, -0.2) is 18.1 Å². The molecule has 0 saturated carbocycles. The first-order valence-electron chi connectivity index (χ1n) is 12.9. The maximum atomic E-state index is 14.0. The number of fused-ring (bicyclic) bond motifs is 1. The fourth-order valence-corrected chi connectivity index (χ4v) is 8.09. The number of hydrogen-bond donors (Lipinski definition) is 0. The summed E-state index contributed by atoms with van der Waals surface area (Å²) in [6.07, 6.45) is 3.51. The Morgan fingerprint density at radius 1 is 1.08 bits per heavy atom. The van der Waals surface area contributed by atoms with Gasteiger partial charge in [-0.15, -0.1) is 11.3 Å². The number of benzene rings is 1. The highest BCUT2D eigenvalue weighted by Crippen LogP contribution is 2.34. The number of hydrogen-bond acceptors (Lipinski definition) is 6. The normalized spacial score (nSPS) is 20.0. The summed E-state index contributed by atoms with van der Waals surface area (Å²) in [6, 6.07) is 16.2. The number of nitrogens with zero attached hydrogens (tertiary/aromatic N) is 4. The minimum Gasteiger partial charge on any atom is -0.339 e. The SMILES string of the molecule is Cc1nn(C2CCS(=O)(=O)C2)c2nc(-c3cccs3)cc(C(=O)N3CCC(Cc4ccccc4)CC3)c12. The predicted octanol–water partition coefficient (Wildman–Crippen LogP) is 4.92. The number of pyridine rings is 1. The van der Waals surface area contributed by atoms with Crippen LogP contribution < -0.4 is 0 Å². The summed E-state index contributed by atoms with van der Waals surface area (Å²) in [5.41, 5.74) is 4.01. The minimum absolute atomic E-state index is 0.00469. The minimum atomic E-state index is -3.09. The third-order valence-electron chi connectivity index (χ3n) is 7.66. The second-order valence-corrected chi connectivity index (χ2v) is 13.4. The third-order valence-corrected chi connectivity index (χ3v) is 10.3. The van der Waals surface area contributed by atoms with Crippen LogP contribution in [0.2, 0.25) is 0 Å². The van der Waals surface area contributed by atoms with Crippen LogP contribution in [0.5, 0.6) is 0 Å². The molecule has 1 atom stereocenters. The summed E-state index contributed by atoms with van der Waals surface area (Å²) in [5.74, 6) is 0.795. The van der Waals surface area contributed by atoms with Crippen LogP contribution in [-0.2, 0) is 16.3 Å². The van der Waals surface area contributed by atoms with Crippen molar-refractivity contribution in [3.05, 3.63) is 70.7 Å². The zero-order valence-electron chi connectivity index (χ0n) is 20.8. The highest BCUT2D eigenvalue weighted by atomic mass is 32.2. The van der Waals surface area contributed by atoms with Crippen LogP contribution in [0.15, 0.2) is 53.9 Å². The summed E-state index contributed by atoms with van der Waals surface area (Å²) in [4.78, 5) is 21.8. The van der Waals surface area contributed by atoms with E-state index in [9.17, 15) is 13.2 Å². The number of sulfone groups is 1. The van der Waals surface area contributed by atoms with Crippen molar-refractivity contribution in [3.8, 4) is 10.6 Å². The fourth-order valence-electron chi connectivity index (χ4n) is 5.71. The van der Waals surface area contributed by atoms with Gasteiger partial charge < -0.3 is 4.90 Å². The van der Waals surface area contributed by atoms with E-state index in [2.05, 4.69) is 24.3 Å². The number of aromatic nitrogens is 3. The highest BCUT2D eigenvalue weighted by molar-refractivity contribution is 7.91. The van der Waals surface area contributed by atoms with Crippen LogP contribution in [0.1, 0.15) is 46.9 Å². The summed E-state index contributed by atoms with van der Waals surface area (Å²) in [5, 5.41) is 7.46. The molecule has 0 bridgehead atoms. The summed E-state index contributed by atoms with van der Waals surface area (Å²) in [6.45, 7) is 3.34. The molecule has 2 saturated heterocycles. The predicted molar refractivity (Wildman–Crippen MR) is 147 cm³/mol. The van der Waals surface area contributed by atoms with E-state index in [1.807, 2.05) is 41.5 Å². The maximum absolute atomic E-state index is 14.0. The number of likely N-dealkylation sites (tertiary alicyclic amines) is 1. The number of aryl methyl sites for hydroxylation is 1. The van der Waals surface area contributed by atoms with E-state index in [0.717, 1.165) is 48.3 Å². The number of carbonyl (C=O) groups is 1. The van der Waals surface area contributed by atoms with Gasteiger partial charge in [-0.3, -0.25) is 4.79 Å². The average molecular weight is 535 g/mol. The molecule has 6 rings (SSSR count). The van der Waals surface area contributed by atoms with Crippen molar-refractivity contribution in [2.45, 2.75) is 38.6 Å². The molecule has 2 aliphatic rings. The van der Waals surface area contributed by atoms with Crippen LogP contribution in [0.4, 0.5) is 0 Å². The summed E-state index contributed by atoms with van der Waals surface area (Å²) < 4.78 is 26.2. The van der Waals surface area contributed by atoms with Crippen molar-refractivity contribution in [2.75, 3.05) is 24.6 Å². The van der Waals surface area contributed by atoms with Gasteiger partial charge in [0, 0.05) is 13.1 Å². The lowest BCUT2D eigenvalue weighted by molar-refractivity contribution is 0.0692. The number of piperidine rings is 1. The van der Waals surface area contributed by atoms with E-state index in [1.165, 1.54) is 5.56 Å². The lowest BCUT2D eigenvalue weighted by Gasteiger charge is -2.32. The van der Waals surface area contributed by atoms with Gasteiger partial charge >= 0.3 is 0 Å². The average Bonchev–Trinajstić information content (AvgIpc) is 3.64. The molecule has 0 N–H and O–H groups in total. The molecule has 0 aliphatic carbocycles. The van der Waals surface area contributed by atoms with Gasteiger partial charge in [-0.2, -0.15) is 5.10 Å². The number of thiophene rings is 1. The van der Waals surface area contributed by atoms with Gasteiger partial charge in [0.05, 0.1) is 44.8 Å². The summed E-state index contributed by atoms with van der Waals surface area (Å²) in [7, 11) is -3.09. The molecule has 1 amide bonds. The van der Waals surface area contributed by atoms with Crippen molar-refractivity contribution >= 4 is 38.1 Å². The largest absolute Gasteiger partial charge is 0.339 e. The van der Waals surface area contributed by atoms with Gasteiger partial charge in [0.15, 0.2) is 15.5 Å². The first kappa shape index (κ1) is 24.3. The molecule has 1 aromatic carbocycles. The first-order chi connectivity index (χ1) is 17.9. The topological polar surface area (TPSA) is 85.2 Å². The molecular weight excluding hydrogens is 504 g/mol. The molecule has 2 fully saturated rings. The Morgan fingerprint density at radius 3 is 2.54 bits per heavy atom. The third kappa shape index (κ3) is 4.82. The number of rotatable bonds is 5. The smallest absolute Gasteiger partial charge is 0.254 e. The van der Waals surface area contributed by atoms with Gasteiger partial charge in [0.2, 0.25) is 0 Å². The van der Waals surface area contributed by atoms with Crippen LogP contribution in [-0.4, -0.2) is 58.6 Å². The second-order valence-electron chi connectivity index (χ2n) is 10.2. The van der Waals surface area contributed by atoms with Crippen molar-refractivity contribution in [1.82, 2.24) is 19.7 Å². The molecule has 0 radical (unpaired) electrons. The van der Waals surface area contributed by atoms with Gasteiger partial charge in [0.25, 0.3) is 5.91 Å². The Morgan fingerprint density at radius 2 is 1.86 bits per heavy atom. The Balaban J connectivity index is 1.33. The van der Waals surface area contributed by atoms with Gasteiger partial charge in [-0.1, -0.05) is 36.4 Å². The molecule has 9 heteroatoms. The van der Waals surface area contributed by atoms with Crippen LogP contribution in [0.25, 0.3) is 21.6 Å². The van der Waals surface area contributed by atoms with E-state index in [1.54, 1.807) is 16.0 Å². The Hall–Kier alpha value is -3.04. The zero-order chi connectivity index (χ0) is 25.6. The monoisotopic (exact) mass is 534 g/mol. The first-order valence-corrected chi connectivity index (χ1v) is 15.6. The fraction of sp³-hybridized carbons (Fsp3) is 0.393. The van der Waals surface area contributed by atoms with E-state index in [0.29, 0.717) is 29.2 Å². The molecule has 5 heterocycles. The van der Waals surface area contributed by atoms with Crippen molar-refractivity contribution in [1.29, 1.82) is 0 Å². The van der Waals surface area contributed by atoms with Crippen molar-refractivity contribution in [2.24, 2.45) is 5.92 Å². The van der Waals surface area contributed by atoms with E-state index in [4.69, 9.17) is 10.1 Å². The van der Waals surface area contributed by atoms with Crippen molar-refractivity contribution in [3.63, 3.8) is 0 Å². The molecule has 0 spiro atoms. The second kappa shape index (κ2) is 9.68. The van der Waals surface area contributed by atoms with Crippen LogP contribution in [0, 0.1) is 12.8 Å². The molecule has 4 aromatic rings. The molecule has 7 nitrogen and oxygen atoms in total. The van der Waals surface area contributed by atoms with Gasteiger partial charge in [0.1, 0.15) is 0 Å². The van der Waals surface area contributed by atoms with Crippen LogP contribution >= 0.6 is 11.3 Å². The summed E-state index contributed by atoms with van der Waals surface area (Å²) >= 11 is 1.57. The van der Waals surface area contributed by atoms with Crippen molar-refractivity contribution < 1.29 is 13.2 Å². The Kier molecular flexibility index (Phi) is 6.36. The molecule has 192 valence electrons. The molecule has 37 heavy (non-hydrogen) atoms. The molecule has 1 unspecified atom stereocenters. The molecule has 2 aliphatic heterocycles. The van der Waals surface area contributed by atoms with E-state index < -0.39 is 9.84 Å². The van der Waals surface area contributed by atoms with Gasteiger partial charge in [-0.05, 0) is 61.6 Å². The molecule has 3 aromatic heterocycles. The lowest BCUT2D eigenvalue weighted by atomic mass is 9.90. The Bertz CT molecular complexity index is 1540. The van der Waals surface area contributed by atoms with E-state index >= 15 is 0 Å². The highest BCUT2D eigenvalue weighted by Gasteiger charge is 2.33. The number of carbonyl (C=O) groups excluding carboxylic acids is 1. The zero-order valence-corrected chi connectivity index (χ0v) is 22.5. The lowest BCUT2D eigenvalue weighted by Crippen LogP contribution is -2.39. The quantitative estimate of drug-likeness (QED) is 0.363. The number of amides is 1. The molecular formula is C28H30N4O3S2. The standard InChI is InChI=1S/C28H30N4O3S2/c1-19-26-23(28(33)31-12-9-21(10-13-31)16-20-6-3-2-4-7-20)17-24(25-8-5-14-36-25)29-27(26)32(30-19)22-11-15-37(34,35)18-22/h2-8,14,17,21-22H,9-13,15-16,18H2,1H3. The van der Waals surface area contributed by atoms with Crippen LogP contribution in [0.3, 0.4) is 0 Å². The Labute approximate surface area is 221 Å².